The van der Waals surface area contributed by atoms with E-state index in [2.05, 4.69) is 4.98 Å². The van der Waals surface area contributed by atoms with Crippen molar-refractivity contribution in [3.8, 4) is 6.07 Å². The van der Waals surface area contributed by atoms with Crippen molar-refractivity contribution in [2.75, 3.05) is 24.6 Å². The van der Waals surface area contributed by atoms with Crippen LogP contribution in [-0.4, -0.2) is 36.2 Å². The standard InChI is InChI=1S/C10H11F2N3O/c11-10(12)7-15(4-5-16)9-2-1-3-14-8(9)6-13/h1-3,10,16H,4-5,7H2. The molecular formula is C10H11F2N3O. The van der Waals surface area contributed by atoms with E-state index in [9.17, 15) is 8.78 Å². The van der Waals surface area contributed by atoms with E-state index in [1.54, 1.807) is 6.07 Å². The van der Waals surface area contributed by atoms with E-state index in [0.29, 0.717) is 5.69 Å². The van der Waals surface area contributed by atoms with Crippen LogP contribution in [0.25, 0.3) is 0 Å². The molecule has 0 aliphatic heterocycles. The van der Waals surface area contributed by atoms with Crippen LogP contribution in [0.2, 0.25) is 0 Å². The molecule has 0 aliphatic rings. The van der Waals surface area contributed by atoms with Gasteiger partial charge in [0.15, 0.2) is 5.69 Å². The van der Waals surface area contributed by atoms with Crippen LogP contribution in [0, 0.1) is 11.3 Å². The average molecular weight is 227 g/mol. The van der Waals surface area contributed by atoms with Crippen LogP contribution in [-0.2, 0) is 0 Å². The summed E-state index contributed by atoms with van der Waals surface area (Å²) >= 11 is 0. The van der Waals surface area contributed by atoms with Crippen molar-refractivity contribution < 1.29 is 13.9 Å². The van der Waals surface area contributed by atoms with E-state index in [1.165, 1.54) is 17.2 Å². The molecule has 1 aromatic heterocycles. The van der Waals surface area contributed by atoms with Gasteiger partial charge in [0.2, 0.25) is 0 Å². The highest BCUT2D eigenvalue weighted by atomic mass is 19.3. The Balaban J connectivity index is 2.96. The van der Waals surface area contributed by atoms with E-state index in [4.69, 9.17) is 10.4 Å². The summed E-state index contributed by atoms with van der Waals surface area (Å²) in [5, 5.41) is 17.6. The third-order valence-corrected chi connectivity index (χ3v) is 1.96. The maximum Gasteiger partial charge on any atom is 0.255 e. The van der Waals surface area contributed by atoms with E-state index < -0.39 is 13.0 Å². The fourth-order valence-corrected chi connectivity index (χ4v) is 1.34. The second-order valence-electron chi connectivity index (χ2n) is 3.04. The lowest BCUT2D eigenvalue weighted by Crippen LogP contribution is -2.32. The molecule has 0 saturated heterocycles. The summed E-state index contributed by atoms with van der Waals surface area (Å²) in [7, 11) is 0. The third-order valence-electron chi connectivity index (χ3n) is 1.96. The highest BCUT2D eigenvalue weighted by Crippen LogP contribution is 2.18. The normalized spacial score (nSPS) is 10.2. The molecule has 4 nitrogen and oxygen atoms in total. The molecule has 0 aromatic carbocycles. The van der Waals surface area contributed by atoms with E-state index in [-0.39, 0.29) is 18.8 Å². The van der Waals surface area contributed by atoms with Crippen molar-refractivity contribution >= 4 is 5.69 Å². The summed E-state index contributed by atoms with van der Waals surface area (Å²) < 4.78 is 24.6. The number of rotatable bonds is 5. The van der Waals surface area contributed by atoms with Crippen LogP contribution in [0.3, 0.4) is 0 Å². The van der Waals surface area contributed by atoms with Gasteiger partial charge in [0.05, 0.1) is 18.8 Å². The van der Waals surface area contributed by atoms with Crippen LogP contribution in [0.15, 0.2) is 18.3 Å². The van der Waals surface area contributed by atoms with Crippen molar-refractivity contribution in [1.29, 1.82) is 5.26 Å². The number of hydrogen-bond donors (Lipinski definition) is 1. The van der Waals surface area contributed by atoms with Crippen LogP contribution in [0.4, 0.5) is 14.5 Å². The van der Waals surface area contributed by atoms with Crippen molar-refractivity contribution in [1.82, 2.24) is 4.98 Å². The Bertz CT molecular complexity index is 379. The van der Waals surface area contributed by atoms with Gasteiger partial charge in [-0.25, -0.2) is 13.8 Å². The van der Waals surface area contributed by atoms with Crippen molar-refractivity contribution in [2.24, 2.45) is 0 Å². The molecule has 0 spiro atoms. The topological polar surface area (TPSA) is 60.2 Å². The number of aliphatic hydroxyl groups excluding tert-OH is 1. The summed E-state index contributed by atoms with van der Waals surface area (Å²) in [6.07, 6.45) is -1.11. The molecule has 6 heteroatoms. The Morgan fingerprint density at radius 1 is 1.56 bits per heavy atom. The lowest BCUT2D eigenvalue weighted by atomic mass is 10.2. The first-order chi connectivity index (χ1) is 7.69. The Morgan fingerprint density at radius 3 is 2.88 bits per heavy atom. The highest BCUT2D eigenvalue weighted by Gasteiger charge is 2.15. The lowest BCUT2D eigenvalue weighted by molar-refractivity contribution is 0.153. The molecule has 0 radical (unpaired) electrons. The summed E-state index contributed by atoms with van der Waals surface area (Å²) in [5.41, 5.74) is 0.399. The molecule has 1 rings (SSSR count). The van der Waals surface area contributed by atoms with Gasteiger partial charge in [0.1, 0.15) is 6.07 Å². The quantitative estimate of drug-likeness (QED) is 0.815. The van der Waals surface area contributed by atoms with Gasteiger partial charge in [-0.05, 0) is 12.1 Å². The SMILES string of the molecule is N#Cc1ncccc1N(CCO)CC(F)F. The molecule has 86 valence electrons. The van der Waals surface area contributed by atoms with Crippen molar-refractivity contribution in [3.05, 3.63) is 24.0 Å². The Morgan fingerprint density at radius 2 is 2.31 bits per heavy atom. The zero-order chi connectivity index (χ0) is 12.0. The molecule has 1 heterocycles. The van der Waals surface area contributed by atoms with Gasteiger partial charge in [-0.2, -0.15) is 5.26 Å². The average Bonchev–Trinajstić information content (AvgIpc) is 2.28. The van der Waals surface area contributed by atoms with Crippen LogP contribution in [0.1, 0.15) is 5.69 Å². The molecule has 0 aliphatic carbocycles. The zero-order valence-electron chi connectivity index (χ0n) is 8.48. The molecule has 1 N–H and O–H groups in total. The molecule has 0 atom stereocenters. The van der Waals surface area contributed by atoms with Gasteiger partial charge in [-0.15, -0.1) is 0 Å². The first-order valence-electron chi connectivity index (χ1n) is 4.68. The van der Waals surface area contributed by atoms with Gasteiger partial charge >= 0.3 is 0 Å². The summed E-state index contributed by atoms with van der Waals surface area (Å²) in [6.45, 7) is -0.738. The lowest BCUT2D eigenvalue weighted by Gasteiger charge is -2.23. The maximum atomic E-state index is 12.3. The summed E-state index contributed by atoms with van der Waals surface area (Å²) in [5.74, 6) is 0. The van der Waals surface area contributed by atoms with Gasteiger partial charge in [0.25, 0.3) is 6.43 Å². The Hall–Kier alpha value is -1.74. The third kappa shape index (κ3) is 3.14. The van der Waals surface area contributed by atoms with Gasteiger partial charge < -0.3 is 10.0 Å². The summed E-state index contributed by atoms with van der Waals surface area (Å²) in [4.78, 5) is 5.02. The number of nitriles is 1. The maximum absolute atomic E-state index is 12.3. The first kappa shape index (κ1) is 12.3. The van der Waals surface area contributed by atoms with Gasteiger partial charge in [-0.1, -0.05) is 0 Å². The second kappa shape index (κ2) is 5.98. The molecule has 0 saturated carbocycles. The molecule has 0 amide bonds. The number of nitrogens with zero attached hydrogens (tertiary/aromatic N) is 3. The number of alkyl halides is 2. The van der Waals surface area contributed by atoms with Gasteiger partial charge in [-0.3, -0.25) is 0 Å². The minimum Gasteiger partial charge on any atom is -0.395 e. The fraction of sp³-hybridized carbons (Fsp3) is 0.400. The summed E-state index contributed by atoms with van der Waals surface area (Å²) in [6, 6.07) is 4.92. The Kier molecular flexibility index (Phi) is 4.61. The minimum absolute atomic E-state index is 0.0463. The molecule has 0 unspecified atom stereocenters. The van der Waals surface area contributed by atoms with Gasteiger partial charge in [0, 0.05) is 12.7 Å². The minimum atomic E-state index is -2.53. The number of pyridine rings is 1. The number of halogens is 2. The highest BCUT2D eigenvalue weighted by molar-refractivity contribution is 5.55. The molecule has 0 bridgehead atoms. The molecule has 1 aromatic rings. The van der Waals surface area contributed by atoms with E-state index >= 15 is 0 Å². The van der Waals surface area contributed by atoms with Crippen LogP contribution >= 0.6 is 0 Å². The van der Waals surface area contributed by atoms with E-state index in [0.717, 1.165) is 0 Å². The Labute approximate surface area is 91.8 Å². The molecular weight excluding hydrogens is 216 g/mol. The fourth-order valence-electron chi connectivity index (χ4n) is 1.34. The largest absolute Gasteiger partial charge is 0.395 e. The first-order valence-corrected chi connectivity index (χ1v) is 4.68. The monoisotopic (exact) mass is 227 g/mol. The zero-order valence-corrected chi connectivity index (χ0v) is 8.48. The number of anilines is 1. The van der Waals surface area contributed by atoms with Crippen molar-refractivity contribution in [2.45, 2.75) is 6.43 Å². The second-order valence-corrected chi connectivity index (χ2v) is 3.04. The number of aliphatic hydroxyl groups is 1. The predicted octanol–water partition coefficient (Wildman–Crippen LogP) is 1.02. The molecule has 0 fully saturated rings. The predicted molar refractivity (Wildman–Crippen MR) is 54.3 cm³/mol. The smallest absolute Gasteiger partial charge is 0.255 e. The van der Waals surface area contributed by atoms with Crippen molar-refractivity contribution in [3.63, 3.8) is 0 Å². The number of aromatic nitrogens is 1. The van der Waals surface area contributed by atoms with Crippen LogP contribution < -0.4 is 4.90 Å². The molecule has 16 heavy (non-hydrogen) atoms. The number of hydrogen-bond acceptors (Lipinski definition) is 4. The van der Waals surface area contributed by atoms with Crippen LogP contribution in [0.5, 0.6) is 0 Å². The van der Waals surface area contributed by atoms with E-state index in [1.807, 2.05) is 6.07 Å².